The zero-order valence-corrected chi connectivity index (χ0v) is 6.84. The Bertz CT molecular complexity index is 310. The third-order valence-corrected chi connectivity index (χ3v) is 1.93. The molecule has 1 atom stereocenters. The molecule has 1 fully saturated rings. The molecule has 0 heterocycles. The van der Waals surface area contributed by atoms with Gasteiger partial charge in [-0.3, -0.25) is 0 Å². The molecule has 0 bridgehead atoms. The van der Waals surface area contributed by atoms with Crippen LogP contribution >= 0.6 is 0 Å². The SMILES string of the molecule is Nc1ccc(O[C@@H]2CC2(F)F)cc1. The summed E-state index contributed by atoms with van der Waals surface area (Å²) in [5.41, 5.74) is 6.02. The van der Waals surface area contributed by atoms with Gasteiger partial charge in [-0.25, -0.2) is 8.78 Å². The lowest BCUT2D eigenvalue weighted by Gasteiger charge is -2.04. The van der Waals surface area contributed by atoms with E-state index in [0.717, 1.165) is 0 Å². The van der Waals surface area contributed by atoms with Gasteiger partial charge in [-0.05, 0) is 24.3 Å². The summed E-state index contributed by atoms with van der Waals surface area (Å²) in [6.45, 7) is 0. The van der Waals surface area contributed by atoms with Crippen LogP contribution in [0.25, 0.3) is 0 Å². The predicted molar refractivity (Wildman–Crippen MR) is 44.8 cm³/mol. The number of nitrogen functional groups attached to an aromatic ring is 1. The fourth-order valence-electron chi connectivity index (χ4n) is 1.03. The van der Waals surface area contributed by atoms with Crippen molar-refractivity contribution in [2.24, 2.45) is 0 Å². The van der Waals surface area contributed by atoms with Gasteiger partial charge in [0.1, 0.15) is 5.75 Å². The van der Waals surface area contributed by atoms with Gasteiger partial charge in [0.2, 0.25) is 0 Å². The van der Waals surface area contributed by atoms with Crippen LogP contribution in [0.4, 0.5) is 14.5 Å². The summed E-state index contributed by atoms with van der Waals surface area (Å²) in [6.07, 6.45) is -1.13. The molecule has 1 aliphatic carbocycles. The lowest BCUT2D eigenvalue weighted by Crippen LogP contribution is -2.06. The number of anilines is 1. The quantitative estimate of drug-likeness (QED) is 0.715. The molecule has 0 aliphatic heterocycles. The number of halogens is 2. The zero-order chi connectivity index (χ0) is 9.47. The molecule has 0 spiro atoms. The average molecular weight is 185 g/mol. The van der Waals surface area contributed by atoms with Gasteiger partial charge in [-0.2, -0.15) is 0 Å². The van der Waals surface area contributed by atoms with E-state index in [0.29, 0.717) is 11.4 Å². The summed E-state index contributed by atoms with van der Waals surface area (Å²) in [5, 5.41) is 0. The number of benzene rings is 1. The van der Waals surface area contributed by atoms with E-state index in [1.807, 2.05) is 0 Å². The number of alkyl halides is 2. The van der Waals surface area contributed by atoms with Gasteiger partial charge < -0.3 is 10.5 Å². The Morgan fingerprint density at radius 1 is 1.31 bits per heavy atom. The van der Waals surface area contributed by atoms with Crippen molar-refractivity contribution in [2.75, 3.05) is 5.73 Å². The Balaban J connectivity index is 2.00. The zero-order valence-electron chi connectivity index (χ0n) is 6.84. The third-order valence-electron chi connectivity index (χ3n) is 1.93. The molecule has 0 radical (unpaired) electrons. The minimum atomic E-state index is -2.64. The summed E-state index contributed by atoms with van der Waals surface area (Å²) in [7, 11) is 0. The second-order valence-electron chi connectivity index (χ2n) is 3.14. The predicted octanol–water partition coefficient (Wildman–Crippen LogP) is 2.06. The minimum absolute atomic E-state index is 0.183. The molecule has 4 heteroatoms. The molecule has 1 saturated carbocycles. The van der Waals surface area contributed by atoms with Crippen molar-refractivity contribution >= 4 is 5.69 Å². The monoisotopic (exact) mass is 185 g/mol. The number of rotatable bonds is 2. The fourth-order valence-corrected chi connectivity index (χ4v) is 1.03. The highest BCUT2D eigenvalue weighted by Crippen LogP contribution is 2.44. The Morgan fingerprint density at radius 2 is 1.85 bits per heavy atom. The van der Waals surface area contributed by atoms with Gasteiger partial charge in [0.15, 0.2) is 6.10 Å². The molecule has 0 aromatic heterocycles. The second kappa shape index (κ2) is 2.58. The fraction of sp³-hybridized carbons (Fsp3) is 0.333. The van der Waals surface area contributed by atoms with Gasteiger partial charge in [0.05, 0.1) is 6.42 Å². The highest BCUT2D eigenvalue weighted by Gasteiger charge is 2.59. The summed E-state index contributed by atoms with van der Waals surface area (Å²) >= 11 is 0. The lowest BCUT2D eigenvalue weighted by atomic mass is 10.3. The topological polar surface area (TPSA) is 35.2 Å². The van der Waals surface area contributed by atoms with Crippen LogP contribution in [0.3, 0.4) is 0 Å². The molecule has 2 N–H and O–H groups in total. The van der Waals surface area contributed by atoms with E-state index in [9.17, 15) is 8.78 Å². The maximum absolute atomic E-state index is 12.4. The highest BCUT2D eigenvalue weighted by atomic mass is 19.3. The van der Waals surface area contributed by atoms with Crippen molar-refractivity contribution in [3.05, 3.63) is 24.3 Å². The summed E-state index contributed by atoms with van der Waals surface area (Å²) in [4.78, 5) is 0. The number of hydrogen-bond acceptors (Lipinski definition) is 2. The van der Waals surface area contributed by atoms with E-state index in [4.69, 9.17) is 10.5 Å². The molecule has 1 aromatic rings. The van der Waals surface area contributed by atoms with Crippen LogP contribution in [0, 0.1) is 0 Å². The van der Waals surface area contributed by atoms with Crippen molar-refractivity contribution in [3.8, 4) is 5.75 Å². The minimum Gasteiger partial charge on any atom is -0.484 e. The van der Waals surface area contributed by atoms with Gasteiger partial charge >= 0.3 is 0 Å². The second-order valence-corrected chi connectivity index (χ2v) is 3.14. The summed E-state index contributed by atoms with van der Waals surface area (Å²) < 4.78 is 29.8. The highest BCUT2D eigenvalue weighted by molar-refractivity contribution is 5.41. The van der Waals surface area contributed by atoms with Gasteiger partial charge in [-0.15, -0.1) is 0 Å². The van der Waals surface area contributed by atoms with Gasteiger partial charge in [0, 0.05) is 5.69 Å². The molecule has 13 heavy (non-hydrogen) atoms. The van der Waals surface area contributed by atoms with Crippen molar-refractivity contribution in [1.29, 1.82) is 0 Å². The van der Waals surface area contributed by atoms with Crippen LogP contribution in [0.15, 0.2) is 24.3 Å². The molecular formula is C9H9F2NO. The standard InChI is InChI=1S/C9H9F2NO/c10-9(11)5-8(9)13-7-3-1-6(12)2-4-7/h1-4,8H,5,12H2/t8-/m1/s1. The van der Waals surface area contributed by atoms with Crippen molar-refractivity contribution in [2.45, 2.75) is 18.4 Å². The molecular weight excluding hydrogens is 176 g/mol. The molecule has 70 valence electrons. The van der Waals surface area contributed by atoms with Gasteiger partial charge in [0.25, 0.3) is 5.92 Å². The average Bonchev–Trinajstić information content (AvgIpc) is 2.64. The van der Waals surface area contributed by atoms with E-state index < -0.39 is 12.0 Å². The van der Waals surface area contributed by atoms with Crippen LogP contribution in [-0.4, -0.2) is 12.0 Å². The van der Waals surface area contributed by atoms with Crippen LogP contribution in [-0.2, 0) is 0 Å². The molecule has 0 saturated heterocycles. The van der Waals surface area contributed by atoms with E-state index in [2.05, 4.69) is 0 Å². The maximum Gasteiger partial charge on any atom is 0.288 e. The van der Waals surface area contributed by atoms with E-state index in [1.54, 1.807) is 24.3 Å². The Morgan fingerprint density at radius 3 is 2.31 bits per heavy atom. The van der Waals surface area contributed by atoms with Crippen molar-refractivity contribution in [1.82, 2.24) is 0 Å². The number of hydrogen-bond donors (Lipinski definition) is 1. The molecule has 0 amide bonds. The van der Waals surface area contributed by atoms with Crippen LogP contribution in [0.1, 0.15) is 6.42 Å². The van der Waals surface area contributed by atoms with Crippen LogP contribution < -0.4 is 10.5 Å². The molecule has 1 aromatic carbocycles. The largest absolute Gasteiger partial charge is 0.484 e. The van der Waals surface area contributed by atoms with E-state index in [-0.39, 0.29) is 6.42 Å². The lowest BCUT2D eigenvalue weighted by molar-refractivity contribution is 0.0665. The smallest absolute Gasteiger partial charge is 0.288 e. The Kier molecular flexibility index (Phi) is 1.65. The maximum atomic E-state index is 12.4. The Hall–Kier alpha value is -1.32. The van der Waals surface area contributed by atoms with Crippen LogP contribution in [0.2, 0.25) is 0 Å². The number of nitrogens with two attached hydrogens (primary N) is 1. The third kappa shape index (κ3) is 1.71. The first-order valence-electron chi connectivity index (χ1n) is 3.98. The number of ether oxygens (including phenoxy) is 1. The first kappa shape index (κ1) is 8.29. The normalized spacial score (nSPS) is 24.0. The van der Waals surface area contributed by atoms with Crippen molar-refractivity contribution in [3.63, 3.8) is 0 Å². The summed E-state index contributed by atoms with van der Waals surface area (Å²) in [5.74, 6) is -2.20. The van der Waals surface area contributed by atoms with Crippen LogP contribution in [0.5, 0.6) is 5.75 Å². The molecule has 0 unspecified atom stereocenters. The van der Waals surface area contributed by atoms with Crippen molar-refractivity contribution < 1.29 is 13.5 Å². The Labute approximate surface area is 74.3 Å². The van der Waals surface area contributed by atoms with Gasteiger partial charge in [-0.1, -0.05) is 0 Å². The van der Waals surface area contributed by atoms with E-state index in [1.165, 1.54) is 0 Å². The molecule has 1 aliphatic rings. The molecule has 2 rings (SSSR count). The first-order valence-corrected chi connectivity index (χ1v) is 3.98. The van der Waals surface area contributed by atoms with E-state index >= 15 is 0 Å². The summed E-state index contributed by atoms with van der Waals surface area (Å²) in [6, 6.07) is 6.42. The first-order chi connectivity index (χ1) is 6.08. The molecule has 2 nitrogen and oxygen atoms in total.